The van der Waals surface area contributed by atoms with Crippen molar-refractivity contribution in [3.8, 4) is 0 Å². The SMILES string of the molecule is CCC1(C)CCN(C(CN)c2cccc(C3CC3)c2)CC1. The summed E-state index contributed by atoms with van der Waals surface area (Å²) < 4.78 is 0. The van der Waals surface area contributed by atoms with E-state index in [1.807, 2.05) is 0 Å². The van der Waals surface area contributed by atoms with Gasteiger partial charge in [0.25, 0.3) is 0 Å². The van der Waals surface area contributed by atoms with Crippen LogP contribution in [0.5, 0.6) is 0 Å². The maximum atomic E-state index is 6.14. The molecule has 1 atom stereocenters. The van der Waals surface area contributed by atoms with E-state index >= 15 is 0 Å². The van der Waals surface area contributed by atoms with Crippen molar-refractivity contribution in [1.29, 1.82) is 0 Å². The van der Waals surface area contributed by atoms with Crippen LogP contribution in [0.25, 0.3) is 0 Å². The standard InChI is InChI=1S/C19H30N2/c1-3-19(2)9-11-21(12-10-19)18(14-20)17-6-4-5-16(13-17)15-7-8-15/h4-6,13,15,18H,3,7-12,14,20H2,1-2H3. The lowest BCUT2D eigenvalue weighted by molar-refractivity contribution is 0.0829. The van der Waals surface area contributed by atoms with Gasteiger partial charge >= 0.3 is 0 Å². The Labute approximate surface area is 129 Å². The van der Waals surface area contributed by atoms with E-state index in [0.29, 0.717) is 11.5 Å². The van der Waals surface area contributed by atoms with Crippen molar-refractivity contribution >= 4 is 0 Å². The van der Waals surface area contributed by atoms with Crippen molar-refractivity contribution in [2.75, 3.05) is 19.6 Å². The molecule has 2 fully saturated rings. The van der Waals surface area contributed by atoms with E-state index in [0.717, 1.165) is 12.5 Å². The highest BCUT2D eigenvalue weighted by molar-refractivity contribution is 5.31. The van der Waals surface area contributed by atoms with Crippen molar-refractivity contribution in [2.45, 2.75) is 57.9 Å². The van der Waals surface area contributed by atoms with Gasteiger partial charge in [-0.1, -0.05) is 44.5 Å². The molecule has 1 heterocycles. The second-order valence-electron chi connectivity index (χ2n) is 7.40. The summed E-state index contributed by atoms with van der Waals surface area (Å²) in [6, 6.07) is 9.62. The molecule has 0 radical (unpaired) electrons. The number of rotatable bonds is 5. The molecule has 2 nitrogen and oxygen atoms in total. The lowest BCUT2D eigenvalue weighted by Gasteiger charge is -2.42. The molecule has 116 valence electrons. The van der Waals surface area contributed by atoms with Crippen LogP contribution >= 0.6 is 0 Å². The summed E-state index contributed by atoms with van der Waals surface area (Å²) in [6.07, 6.45) is 6.65. The lowest BCUT2D eigenvalue weighted by Crippen LogP contribution is -2.42. The van der Waals surface area contributed by atoms with Crippen LogP contribution in [0.15, 0.2) is 24.3 Å². The smallest absolute Gasteiger partial charge is 0.0470 e. The molecule has 1 unspecified atom stereocenters. The summed E-state index contributed by atoms with van der Waals surface area (Å²) in [7, 11) is 0. The van der Waals surface area contributed by atoms with Gasteiger partial charge in [-0.05, 0) is 61.2 Å². The topological polar surface area (TPSA) is 29.3 Å². The molecule has 1 aliphatic carbocycles. The van der Waals surface area contributed by atoms with E-state index < -0.39 is 0 Å². The molecule has 3 rings (SSSR count). The fraction of sp³-hybridized carbons (Fsp3) is 0.684. The highest BCUT2D eigenvalue weighted by Gasteiger charge is 2.32. The number of nitrogens with two attached hydrogens (primary N) is 1. The number of benzene rings is 1. The second-order valence-corrected chi connectivity index (χ2v) is 7.40. The van der Waals surface area contributed by atoms with Crippen LogP contribution in [-0.2, 0) is 0 Å². The van der Waals surface area contributed by atoms with Crippen LogP contribution in [0.2, 0.25) is 0 Å². The average molecular weight is 286 g/mol. The molecular weight excluding hydrogens is 256 g/mol. The molecule has 1 aromatic rings. The molecule has 2 aliphatic rings. The molecular formula is C19H30N2. The number of hydrogen-bond donors (Lipinski definition) is 1. The maximum Gasteiger partial charge on any atom is 0.0470 e. The van der Waals surface area contributed by atoms with Crippen LogP contribution < -0.4 is 5.73 Å². The van der Waals surface area contributed by atoms with Crippen LogP contribution in [0.3, 0.4) is 0 Å². The molecule has 0 bridgehead atoms. The van der Waals surface area contributed by atoms with Gasteiger partial charge in [-0.2, -0.15) is 0 Å². The molecule has 0 spiro atoms. The summed E-state index contributed by atoms with van der Waals surface area (Å²) in [4.78, 5) is 2.61. The number of piperidine rings is 1. The van der Waals surface area contributed by atoms with Crippen LogP contribution in [-0.4, -0.2) is 24.5 Å². The van der Waals surface area contributed by atoms with E-state index in [-0.39, 0.29) is 0 Å². The normalized spacial score (nSPS) is 24.0. The molecule has 1 saturated heterocycles. The largest absolute Gasteiger partial charge is 0.329 e. The highest BCUT2D eigenvalue weighted by Crippen LogP contribution is 2.41. The summed E-state index contributed by atoms with van der Waals surface area (Å²) in [6.45, 7) is 7.89. The Morgan fingerprint density at radius 3 is 2.57 bits per heavy atom. The first-order valence-corrected chi connectivity index (χ1v) is 8.69. The third kappa shape index (κ3) is 3.32. The Morgan fingerprint density at radius 1 is 1.29 bits per heavy atom. The minimum absolute atomic E-state index is 0.408. The lowest BCUT2D eigenvalue weighted by atomic mass is 9.77. The zero-order valence-electron chi connectivity index (χ0n) is 13.6. The van der Waals surface area contributed by atoms with Gasteiger partial charge < -0.3 is 5.73 Å². The monoisotopic (exact) mass is 286 g/mol. The van der Waals surface area contributed by atoms with E-state index in [9.17, 15) is 0 Å². The molecule has 21 heavy (non-hydrogen) atoms. The first-order valence-electron chi connectivity index (χ1n) is 8.69. The molecule has 2 N–H and O–H groups in total. The van der Waals surface area contributed by atoms with Gasteiger partial charge in [-0.25, -0.2) is 0 Å². The van der Waals surface area contributed by atoms with Crippen LogP contribution in [0.4, 0.5) is 0 Å². The Bertz CT molecular complexity index is 470. The molecule has 0 aromatic heterocycles. The molecule has 1 aliphatic heterocycles. The number of hydrogen-bond acceptors (Lipinski definition) is 2. The Hall–Kier alpha value is -0.860. The van der Waals surface area contributed by atoms with Gasteiger partial charge in [-0.3, -0.25) is 4.90 Å². The highest BCUT2D eigenvalue weighted by atomic mass is 15.2. The van der Waals surface area contributed by atoms with Gasteiger partial charge in [0.2, 0.25) is 0 Å². The van der Waals surface area contributed by atoms with Crippen LogP contribution in [0, 0.1) is 5.41 Å². The fourth-order valence-corrected chi connectivity index (χ4v) is 3.66. The fourth-order valence-electron chi connectivity index (χ4n) is 3.66. The third-order valence-electron chi connectivity index (χ3n) is 5.87. The van der Waals surface area contributed by atoms with E-state index in [1.165, 1.54) is 56.3 Å². The summed E-state index contributed by atoms with van der Waals surface area (Å²) >= 11 is 0. The zero-order chi connectivity index (χ0) is 14.9. The quantitative estimate of drug-likeness (QED) is 0.884. The molecule has 1 aromatic carbocycles. The van der Waals surface area contributed by atoms with Crippen molar-refractivity contribution in [3.05, 3.63) is 35.4 Å². The van der Waals surface area contributed by atoms with Gasteiger partial charge in [0.1, 0.15) is 0 Å². The second kappa shape index (κ2) is 6.10. The Kier molecular flexibility index (Phi) is 4.37. The maximum absolute atomic E-state index is 6.14. The van der Waals surface area contributed by atoms with Crippen molar-refractivity contribution in [2.24, 2.45) is 11.1 Å². The summed E-state index contributed by atoms with van der Waals surface area (Å²) in [5.41, 5.74) is 9.64. The van der Waals surface area contributed by atoms with Gasteiger partial charge in [-0.15, -0.1) is 0 Å². The van der Waals surface area contributed by atoms with E-state index in [1.54, 1.807) is 0 Å². The van der Waals surface area contributed by atoms with Gasteiger partial charge in [0.15, 0.2) is 0 Å². The van der Waals surface area contributed by atoms with Crippen molar-refractivity contribution in [3.63, 3.8) is 0 Å². The van der Waals surface area contributed by atoms with Crippen molar-refractivity contribution in [1.82, 2.24) is 4.90 Å². The third-order valence-corrected chi connectivity index (χ3v) is 5.87. The molecule has 2 heteroatoms. The Balaban J connectivity index is 1.72. The Morgan fingerprint density at radius 2 is 2.00 bits per heavy atom. The first-order chi connectivity index (χ1) is 10.1. The summed E-state index contributed by atoms with van der Waals surface area (Å²) in [5.74, 6) is 0.827. The first kappa shape index (κ1) is 15.1. The predicted octanol–water partition coefficient (Wildman–Crippen LogP) is 4.08. The van der Waals surface area contributed by atoms with Crippen molar-refractivity contribution < 1.29 is 0 Å². The van der Waals surface area contributed by atoms with Gasteiger partial charge in [0.05, 0.1) is 0 Å². The zero-order valence-corrected chi connectivity index (χ0v) is 13.6. The van der Waals surface area contributed by atoms with Gasteiger partial charge in [0, 0.05) is 12.6 Å². The number of likely N-dealkylation sites (tertiary alicyclic amines) is 1. The minimum atomic E-state index is 0.408. The van der Waals surface area contributed by atoms with E-state index in [4.69, 9.17) is 5.73 Å². The average Bonchev–Trinajstić information content (AvgIpc) is 3.35. The predicted molar refractivity (Wildman–Crippen MR) is 89.4 cm³/mol. The molecule has 1 saturated carbocycles. The minimum Gasteiger partial charge on any atom is -0.329 e. The number of nitrogens with zero attached hydrogens (tertiary/aromatic N) is 1. The summed E-state index contributed by atoms with van der Waals surface area (Å²) in [5, 5.41) is 0. The van der Waals surface area contributed by atoms with Crippen LogP contribution in [0.1, 0.15) is 69.0 Å². The molecule has 0 amide bonds. The van der Waals surface area contributed by atoms with E-state index in [2.05, 4.69) is 43.0 Å².